The molecule has 0 aromatic carbocycles. The summed E-state index contributed by atoms with van der Waals surface area (Å²) >= 11 is 0. The first-order valence-electron chi connectivity index (χ1n) is 5.50. The van der Waals surface area contributed by atoms with Gasteiger partial charge >= 0.3 is 0 Å². The van der Waals surface area contributed by atoms with Gasteiger partial charge in [0, 0.05) is 32.2 Å². The van der Waals surface area contributed by atoms with Crippen molar-refractivity contribution >= 4 is 17.6 Å². The van der Waals surface area contributed by atoms with Gasteiger partial charge in [-0.2, -0.15) is 4.99 Å². The third-order valence-corrected chi connectivity index (χ3v) is 2.71. The van der Waals surface area contributed by atoms with Crippen LogP contribution in [-0.4, -0.2) is 54.1 Å². The van der Waals surface area contributed by atoms with Crippen molar-refractivity contribution in [2.24, 2.45) is 16.5 Å². The van der Waals surface area contributed by atoms with Gasteiger partial charge in [-0.25, -0.2) is 9.97 Å². The number of hydrogen-bond acceptors (Lipinski definition) is 5. The van der Waals surface area contributed by atoms with Crippen LogP contribution in [-0.2, 0) is 0 Å². The quantitative estimate of drug-likeness (QED) is 0.511. The summed E-state index contributed by atoms with van der Waals surface area (Å²) in [7, 11) is 2.11. The molecule has 0 aliphatic carbocycles. The van der Waals surface area contributed by atoms with E-state index in [1.807, 2.05) is 0 Å². The van der Waals surface area contributed by atoms with Crippen molar-refractivity contribution in [3.05, 3.63) is 12.4 Å². The zero-order chi connectivity index (χ0) is 12.3. The Labute approximate surface area is 100 Å². The van der Waals surface area contributed by atoms with Gasteiger partial charge in [-0.1, -0.05) is 0 Å². The van der Waals surface area contributed by atoms with E-state index in [9.17, 15) is 0 Å². The lowest BCUT2D eigenvalue weighted by Gasteiger charge is -2.33. The van der Waals surface area contributed by atoms with E-state index in [1.165, 1.54) is 6.33 Å². The van der Waals surface area contributed by atoms with Crippen molar-refractivity contribution in [3.8, 4) is 0 Å². The van der Waals surface area contributed by atoms with Crippen LogP contribution >= 0.6 is 0 Å². The molecule has 4 N–H and O–H groups in total. The molecule has 0 spiro atoms. The first kappa shape index (κ1) is 11.6. The number of aliphatic imine (C=N–C) groups is 1. The Balaban J connectivity index is 2.13. The lowest BCUT2D eigenvalue weighted by Crippen LogP contribution is -2.44. The molecule has 2 heterocycles. The van der Waals surface area contributed by atoms with Crippen molar-refractivity contribution in [1.29, 1.82) is 0 Å². The lowest BCUT2D eigenvalue weighted by molar-refractivity contribution is 0.312. The van der Waals surface area contributed by atoms with Gasteiger partial charge in [0.1, 0.15) is 12.1 Å². The molecular weight excluding hydrogens is 218 g/mol. The summed E-state index contributed by atoms with van der Waals surface area (Å²) in [5.41, 5.74) is 10.6. The van der Waals surface area contributed by atoms with Crippen LogP contribution in [0.5, 0.6) is 0 Å². The summed E-state index contributed by atoms with van der Waals surface area (Å²) in [6.45, 7) is 3.97. The van der Waals surface area contributed by atoms with E-state index in [2.05, 4.69) is 31.8 Å². The molecule has 1 aromatic heterocycles. The maximum absolute atomic E-state index is 5.32. The normalized spacial score (nSPS) is 16.9. The van der Waals surface area contributed by atoms with Crippen molar-refractivity contribution in [2.75, 3.05) is 38.1 Å². The van der Waals surface area contributed by atoms with Gasteiger partial charge in [0.25, 0.3) is 0 Å². The molecule has 7 nitrogen and oxygen atoms in total. The molecule has 0 amide bonds. The third-order valence-electron chi connectivity index (χ3n) is 2.71. The molecule has 1 aromatic rings. The van der Waals surface area contributed by atoms with Crippen LogP contribution in [0.1, 0.15) is 0 Å². The molecule has 0 radical (unpaired) electrons. The number of aromatic nitrogens is 2. The minimum absolute atomic E-state index is 0.00743. The Hall–Kier alpha value is -1.89. The smallest absolute Gasteiger partial charge is 0.192 e. The van der Waals surface area contributed by atoms with Gasteiger partial charge in [-0.05, 0) is 7.05 Å². The number of hydrogen-bond donors (Lipinski definition) is 2. The van der Waals surface area contributed by atoms with Gasteiger partial charge in [-0.15, -0.1) is 0 Å². The Kier molecular flexibility index (Phi) is 3.38. The number of anilines is 1. The van der Waals surface area contributed by atoms with Crippen LogP contribution in [0.3, 0.4) is 0 Å². The number of nitrogens with zero attached hydrogens (tertiary/aromatic N) is 5. The first-order valence-corrected chi connectivity index (χ1v) is 5.50. The molecule has 92 valence electrons. The Bertz CT molecular complexity index is 405. The molecule has 17 heavy (non-hydrogen) atoms. The van der Waals surface area contributed by atoms with E-state index in [0.29, 0.717) is 5.82 Å². The molecule has 1 fully saturated rings. The molecule has 1 saturated heterocycles. The SMILES string of the molecule is CN1CCN(c2cc(N=C(N)N)ncn2)CC1. The number of piperazine rings is 1. The summed E-state index contributed by atoms with van der Waals surface area (Å²) in [5.74, 6) is 1.37. The number of nitrogens with two attached hydrogens (primary N) is 2. The fourth-order valence-electron chi connectivity index (χ4n) is 1.74. The van der Waals surface area contributed by atoms with E-state index in [1.54, 1.807) is 6.07 Å². The highest BCUT2D eigenvalue weighted by atomic mass is 15.3. The highest BCUT2D eigenvalue weighted by Gasteiger charge is 2.15. The molecule has 0 bridgehead atoms. The summed E-state index contributed by atoms with van der Waals surface area (Å²) in [4.78, 5) is 16.6. The fourth-order valence-corrected chi connectivity index (χ4v) is 1.74. The van der Waals surface area contributed by atoms with E-state index in [4.69, 9.17) is 11.5 Å². The highest BCUT2D eigenvalue weighted by Crippen LogP contribution is 2.17. The summed E-state index contributed by atoms with van der Waals surface area (Å²) < 4.78 is 0. The van der Waals surface area contributed by atoms with Crippen LogP contribution in [0.2, 0.25) is 0 Å². The predicted molar refractivity (Wildman–Crippen MR) is 67.2 cm³/mol. The lowest BCUT2D eigenvalue weighted by atomic mass is 10.3. The minimum atomic E-state index is 0.00743. The molecule has 1 aliphatic rings. The third kappa shape index (κ3) is 3.04. The maximum Gasteiger partial charge on any atom is 0.192 e. The summed E-state index contributed by atoms with van der Waals surface area (Å²) in [5, 5.41) is 0. The molecule has 0 unspecified atom stereocenters. The van der Waals surface area contributed by atoms with Crippen LogP contribution in [0.25, 0.3) is 0 Å². The van der Waals surface area contributed by atoms with Gasteiger partial charge in [-0.3, -0.25) is 0 Å². The van der Waals surface area contributed by atoms with Crippen molar-refractivity contribution in [2.45, 2.75) is 0 Å². The topological polar surface area (TPSA) is 96.7 Å². The van der Waals surface area contributed by atoms with Gasteiger partial charge < -0.3 is 21.3 Å². The van der Waals surface area contributed by atoms with E-state index in [-0.39, 0.29) is 5.96 Å². The molecule has 2 rings (SSSR count). The van der Waals surface area contributed by atoms with Gasteiger partial charge in [0.2, 0.25) is 0 Å². The second-order valence-electron chi connectivity index (χ2n) is 4.06. The zero-order valence-corrected chi connectivity index (χ0v) is 9.87. The Morgan fingerprint density at radius 3 is 2.59 bits per heavy atom. The summed E-state index contributed by atoms with van der Waals surface area (Å²) in [6.07, 6.45) is 1.48. The highest BCUT2D eigenvalue weighted by molar-refractivity contribution is 5.78. The Morgan fingerprint density at radius 2 is 1.94 bits per heavy atom. The Morgan fingerprint density at radius 1 is 1.24 bits per heavy atom. The molecule has 7 heteroatoms. The average Bonchev–Trinajstić information content (AvgIpc) is 2.29. The molecule has 1 aliphatic heterocycles. The number of likely N-dealkylation sites (N-methyl/N-ethyl adjacent to an activating group) is 1. The van der Waals surface area contributed by atoms with Crippen LogP contribution in [0.15, 0.2) is 17.4 Å². The van der Waals surface area contributed by atoms with Gasteiger partial charge in [0.05, 0.1) is 0 Å². The largest absolute Gasteiger partial charge is 0.370 e. The van der Waals surface area contributed by atoms with E-state index in [0.717, 1.165) is 32.0 Å². The standard InChI is InChI=1S/C10H17N7/c1-16-2-4-17(5-3-16)9-6-8(13-7-14-9)15-10(11)12/h6-7H,2-5H2,1H3,(H4,11,12,13,14,15). The van der Waals surface area contributed by atoms with Crippen LogP contribution in [0, 0.1) is 0 Å². The maximum atomic E-state index is 5.32. The van der Waals surface area contributed by atoms with Crippen LogP contribution < -0.4 is 16.4 Å². The second-order valence-corrected chi connectivity index (χ2v) is 4.06. The first-order chi connectivity index (χ1) is 8.15. The minimum Gasteiger partial charge on any atom is -0.370 e. The second kappa shape index (κ2) is 4.96. The number of guanidine groups is 1. The average molecular weight is 235 g/mol. The summed E-state index contributed by atoms with van der Waals surface area (Å²) in [6, 6.07) is 1.80. The van der Waals surface area contributed by atoms with Crippen LogP contribution in [0.4, 0.5) is 11.6 Å². The molecular formula is C10H17N7. The fraction of sp³-hybridized carbons (Fsp3) is 0.500. The van der Waals surface area contributed by atoms with Crippen molar-refractivity contribution in [1.82, 2.24) is 14.9 Å². The molecule has 0 saturated carbocycles. The van der Waals surface area contributed by atoms with Crippen molar-refractivity contribution < 1.29 is 0 Å². The predicted octanol–water partition coefficient (Wildman–Crippen LogP) is -0.867. The molecule has 0 atom stereocenters. The van der Waals surface area contributed by atoms with E-state index < -0.39 is 0 Å². The van der Waals surface area contributed by atoms with Crippen molar-refractivity contribution in [3.63, 3.8) is 0 Å². The number of rotatable bonds is 2. The monoisotopic (exact) mass is 235 g/mol. The van der Waals surface area contributed by atoms with E-state index >= 15 is 0 Å². The van der Waals surface area contributed by atoms with Gasteiger partial charge in [0.15, 0.2) is 11.8 Å². The zero-order valence-electron chi connectivity index (χ0n) is 9.87.